The Balaban J connectivity index is 2.28. The van der Waals surface area contributed by atoms with E-state index in [4.69, 9.17) is 4.74 Å². The van der Waals surface area contributed by atoms with Crippen molar-refractivity contribution in [1.29, 1.82) is 0 Å². The molecule has 0 amide bonds. The molecule has 0 radical (unpaired) electrons. The van der Waals surface area contributed by atoms with Crippen LogP contribution in [0.1, 0.15) is 23.1 Å². The Morgan fingerprint density at radius 2 is 2.12 bits per heavy atom. The summed E-state index contributed by atoms with van der Waals surface area (Å²) in [6.07, 6.45) is 3.17. The van der Waals surface area contributed by atoms with Crippen molar-refractivity contribution in [3.05, 3.63) is 22.8 Å². The van der Waals surface area contributed by atoms with Gasteiger partial charge in [0.15, 0.2) is 6.61 Å². The van der Waals surface area contributed by atoms with Crippen molar-refractivity contribution < 1.29 is 14.3 Å². The van der Waals surface area contributed by atoms with E-state index in [0.29, 0.717) is 0 Å². The predicted molar refractivity (Wildman–Crippen MR) is 68.0 cm³/mol. The summed E-state index contributed by atoms with van der Waals surface area (Å²) < 4.78 is 10.2. The van der Waals surface area contributed by atoms with Crippen LogP contribution in [0.15, 0.2) is 11.0 Å². The average molecular weight is 252 g/mol. The fraction of sp³-hybridized carbons (Fsp3) is 0.462. The van der Waals surface area contributed by atoms with Gasteiger partial charge in [-0.05, 0) is 48.9 Å². The first-order chi connectivity index (χ1) is 8.13. The van der Waals surface area contributed by atoms with E-state index in [0.717, 1.165) is 35.5 Å². The number of thiol groups is 1. The highest BCUT2D eigenvalue weighted by atomic mass is 32.1. The molecular formula is C13H16O3S. The number of carbonyl (C=O) groups is 1. The molecule has 2 rings (SSSR count). The molecule has 17 heavy (non-hydrogen) atoms. The second kappa shape index (κ2) is 5.00. The summed E-state index contributed by atoms with van der Waals surface area (Å²) in [5.41, 5.74) is 3.50. The van der Waals surface area contributed by atoms with Gasteiger partial charge >= 0.3 is 5.97 Å². The summed E-state index contributed by atoms with van der Waals surface area (Å²) >= 11 is 4.48. The zero-order valence-electron chi connectivity index (χ0n) is 10.1. The number of methoxy groups -OCH3 is 1. The summed E-state index contributed by atoms with van der Waals surface area (Å²) in [6, 6.07) is 2.00. The minimum absolute atomic E-state index is 0.0320. The van der Waals surface area contributed by atoms with Crippen LogP contribution >= 0.6 is 12.6 Å². The molecule has 3 nitrogen and oxygen atoms in total. The van der Waals surface area contributed by atoms with Gasteiger partial charge in [-0.2, -0.15) is 0 Å². The van der Waals surface area contributed by atoms with Crippen LogP contribution in [0.3, 0.4) is 0 Å². The third-order valence-electron chi connectivity index (χ3n) is 3.07. The molecule has 0 aromatic heterocycles. The summed E-state index contributed by atoms with van der Waals surface area (Å²) in [5, 5.41) is 0. The number of ether oxygens (including phenoxy) is 2. The molecule has 4 heteroatoms. The largest absolute Gasteiger partial charge is 0.481 e. The number of hydrogen-bond acceptors (Lipinski definition) is 4. The van der Waals surface area contributed by atoms with Crippen molar-refractivity contribution in [3.8, 4) is 5.75 Å². The zero-order chi connectivity index (χ0) is 12.4. The number of rotatable bonds is 3. The maximum absolute atomic E-state index is 11.1. The summed E-state index contributed by atoms with van der Waals surface area (Å²) in [4.78, 5) is 12.1. The second-order valence-electron chi connectivity index (χ2n) is 4.22. The molecular weight excluding hydrogens is 236 g/mol. The topological polar surface area (TPSA) is 35.5 Å². The van der Waals surface area contributed by atoms with Crippen molar-refractivity contribution in [2.45, 2.75) is 31.1 Å². The van der Waals surface area contributed by atoms with Crippen LogP contribution in [-0.2, 0) is 22.4 Å². The van der Waals surface area contributed by atoms with Crippen LogP contribution in [-0.4, -0.2) is 19.7 Å². The minimum Gasteiger partial charge on any atom is -0.481 e. The van der Waals surface area contributed by atoms with Crippen molar-refractivity contribution in [1.82, 2.24) is 0 Å². The van der Waals surface area contributed by atoms with E-state index in [2.05, 4.69) is 17.4 Å². The lowest BCUT2D eigenvalue weighted by atomic mass is 10.1. The van der Waals surface area contributed by atoms with Crippen LogP contribution in [0.25, 0.3) is 0 Å². The summed E-state index contributed by atoms with van der Waals surface area (Å²) in [7, 11) is 1.36. The molecule has 0 saturated heterocycles. The van der Waals surface area contributed by atoms with Crippen LogP contribution in [0, 0.1) is 6.92 Å². The monoisotopic (exact) mass is 252 g/mol. The molecule has 0 saturated carbocycles. The van der Waals surface area contributed by atoms with Gasteiger partial charge < -0.3 is 9.47 Å². The Bertz CT molecular complexity index is 454. The van der Waals surface area contributed by atoms with Crippen LogP contribution in [0.5, 0.6) is 5.75 Å². The molecule has 0 bridgehead atoms. The lowest BCUT2D eigenvalue weighted by Crippen LogP contribution is -2.14. The highest BCUT2D eigenvalue weighted by molar-refractivity contribution is 7.80. The van der Waals surface area contributed by atoms with Crippen molar-refractivity contribution >= 4 is 18.6 Å². The highest BCUT2D eigenvalue weighted by Gasteiger charge is 2.21. The summed E-state index contributed by atoms with van der Waals surface area (Å²) in [5.74, 6) is 0.479. The van der Waals surface area contributed by atoms with Gasteiger partial charge in [0.25, 0.3) is 0 Å². The highest BCUT2D eigenvalue weighted by Crippen LogP contribution is 2.37. The molecule has 0 atom stereocenters. The zero-order valence-corrected chi connectivity index (χ0v) is 11.0. The predicted octanol–water partition coefficient (Wildman–Crippen LogP) is 2.32. The maximum Gasteiger partial charge on any atom is 0.343 e. The van der Waals surface area contributed by atoms with E-state index in [1.165, 1.54) is 18.2 Å². The molecule has 1 aliphatic carbocycles. The Kier molecular flexibility index (Phi) is 3.62. The van der Waals surface area contributed by atoms with Gasteiger partial charge in [0.1, 0.15) is 5.75 Å². The quantitative estimate of drug-likeness (QED) is 0.662. The Labute approximate surface area is 107 Å². The molecule has 0 unspecified atom stereocenters. The van der Waals surface area contributed by atoms with Crippen molar-refractivity contribution in [2.75, 3.05) is 13.7 Å². The third-order valence-corrected chi connectivity index (χ3v) is 3.47. The number of carbonyl (C=O) groups excluding carboxylic acids is 1. The molecule has 0 fully saturated rings. The van der Waals surface area contributed by atoms with E-state index >= 15 is 0 Å². The lowest BCUT2D eigenvalue weighted by Gasteiger charge is -2.14. The SMILES string of the molecule is COC(=O)COc1c(C)cc(S)c2c1CCC2. The molecule has 1 aliphatic rings. The van der Waals surface area contributed by atoms with Gasteiger partial charge in [-0.3, -0.25) is 0 Å². The lowest BCUT2D eigenvalue weighted by molar-refractivity contribution is -0.142. The molecule has 0 N–H and O–H groups in total. The molecule has 0 heterocycles. The first kappa shape index (κ1) is 12.3. The molecule has 1 aromatic rings. The average Bonchev–Trinajstić information content (AvgIpc) is 2.77. The molecule has 92 valence electrons. The van der Waals surface area contributed by atoms with Crippen molar-refractivity contribution in [2.24, 2.45) is 0 Å². The Morgan fingerprint density at radius 1 is 1.41 bits per heavy atom. The molecule has 1 aromatic carbocycles. The van der Waals surface area contributed by atoms with E-state index in [-0.39, 0.29) is 12.6 Å². The van der Waals surface area contributed by atoms with Gasteiger partial charge in [0.05, 0.1) is 7.11 Å². The van der Waals surface area contributed by atoms with Crippen LogP contribution in [0.2, 0.25) is 0 Å². The smallest absolute Gasteiger partial charge is 0.343 e. The van der Waals surface area contributed by atoms with Gasteiger partial charge in [-0.25, -0.2) is 4.79 Å². The van der Waals surface area contributed by atoms with E-state index in [1.807, 2.05) is 13.0 Å². The minimum atomic E-state index is -0.355. The Hall–Kier alpha value is -1.16. The molecule has 0 aliphatic heterocycles. The number of aryl methyl sites for hydroxylation is 1. The third kappa shape index (κ3) is 2.41. The fourth-order valence-corrected chi connectivity index (χ4v) is 2.70. The summed E-state index contributed by atoms with van der Waals surface area (Å²) in [6.45, 7) is 1.95. The number of benzene rings is 1. The second-order valence-corrected chi connectivity index (χ2v) is 4.70. The van der Waals surface area contributed by atoms with E-state index in [1.54, 1.807) is 0 Å². The van der Waals surface area contributed by atoms with Gasteiger partial charge in [-0.15, -0.1) is 12.6 Å². The first-order valence-corrected chi connectivity index (χ1v) is 6.12. The number of hydrogen-bond donors (Lipinski definition) is 1. The van der Waals surface area contributed by atoms with Crippen LogP contribution < -0.4 is 4.74 Å². The van der Waals surface area contributed by atoms with Gasteiger partial charge in [-0.1, -0.05) is 0 Å². The molecule has 0 spiro atoms. The fourth-order valence-electron chi connectivity index (χ4n) is 2.26. The number of fused-ring (bicyclic) bond motifs is 1. The van der Waals surface area contributed by atoms with E-state index < -0.39 is 0 Å². The van der Waals surface area contributed by atoms with Crippen molar-refractivity contribution in [3.63, 3.8) is 0 Å². The van der Waals surface area contributed by atoms with Crippen LogP contribution in [0.4, 0.5) is 0 Å². The normalized spacial score (nSPS) is 13.4. The van der Waals surface area contributed by atoms with Gasteiger partial charge in [0.2, 0.25) is 0 Å². The standard InChI is InChI=1S/C13H16O3S/c1-8-6-11(17)9-4-3-5-10(9)13(8)16-7-12(14)15-2/h6,17H,3-5,7H2,1-2H3. The van der Waals surface area contributed by atoms with Gasteiger partial charge in [0, 0.05) is 4.90 Å². The number of esters is 1. The van der Waals surface area contributed by atoms with E-state index in [9.17, 15) is 4.79 Å². The first-order valence-electron chi connectivity index (χ1n) is 5.67. The Morgan fingerprint density at radius 3 is 2.82 bits per heavy atom. The maximum atomic E-state index is 11.1.